The topological polar surface area (TPSA) is 43.8 Å². The average Bonchev–Trinajstić information content (AvgIpc) is 2.48. The summed E-state index contributed by atoms with van der Waals surface area (Å²) in [4.78, 5) is 16.0. The molecule has 4 nitrogen and oxygen atoms in total. The first-order chi connectivity index (χ1) is 10.2. The first kappa shape index (κ1) is 15.7. The maximum atomic E-state index is 13.0. The lowest BCUT2D eigenvalue weighted by molar-refractivity contribution is -0.132. The first-order valence-electron chi connectivity index (χ1n) is 7.22. The van der Waals surface area contributed by atoms with Gasteiger partial charge in [-0.1, -0.05) is 24.3 Å². The van der Waals surface area contributed by atoms with Gasteiger partial charge >= 0.3 is 0 Å². The van der Waals surface area contributed by atoms with E-state index >= 15 is 0 Å². The molecule has 2 rings (SSSR count). The molecule has 1 aromatic carbocycles. The molecule has 0 radical (unpaired) electrons. The molecule has 0 unspecified atom stereocenters. The standard InChI is InChI=1S/C16H21FN2O2/c17-15-5-1-3-14(13-15)4-2-6-16(21)19-9-7-18(8-10-19)11-12-20/h1-5,13,20H,6-12H2/b4-2+. The average molecular weight is 292 g/mol. The number of carbonyl (C=O) groups is 1. The maximum absolute atomic E-state index is 13.0. The summed E-state index contributed by atoms with van der Waals surface area (Å²) in [6.07, 6.45) is 3.87. The van der Waals surface area contributed by atoms with Crippen LogP contribution in [0, 0.1) is 5.82 Å². The second kappa shape index (κ2) is 7.90. The zero-order valence-electron chi connectivity index (χ0n) is 12.0. The van der Waals surface area contributed by atoms with Gasteiger partial charge in [0.05, 0.1) is 6.61 Å². The summed E-state index contributed by atoms with van der Waals surface area (Å²) >= 11 is 0. The number of rotatable bonds is 5. The Hall–Kier alpha value is -1.72. The van der Waals surface area contributed by atoms with E-state index < -0.39 is 0 Å². The molecule has 0 atom stereocenters. The van der Waals surface area contributed by atoms with Gasteiger partial charge in [0, 0.05) is 39.1 Å². The molecule has 0 aromatic heterocycles. The second-order valence-electron chi connectivity index (χ2n) is 5.11. The van der Waals surface area contributed by atoms with Crippen molar-refractivity contribution < 1.29 is 14.3 Å². The van der Waals surface area contributed by atoms with Gasteiger partial charge in [0.2, 0.25) is 5.91 Å². The number of aliphatic hydroxyl groups is 1. The quantitative estimate of drug-likeness (QED) is 0.891. The van der Waals surface area contributed by atoms with Crippen molar-refractivity contribution in [3.05, 3.63) is 41.7 Å². The van der Waals surface area contributed by atoms with Crippen LogP contribution in [0.4, 0.5) is 4.39 Å². The highest BCUT2D eigenvalue weighted by Gasteiger charge is 2.19. The lowest BCUT2D eigenvalue weighted by Crippen LogP contribution is -2.49. The molecule has 1 heterocycles. The van der Waals surface area contributed by atoms with E-state index in [1.807, 2.05) is 4.90 Å². The van der Waals surface area contributed by atoms with E-state index in [-0.39, 0.29) is 18.3 Å². The number of hydrogen-bond acceptors (Lipinski definition) is 3. The van der Waals surface area contributed by atoms with Crippen molar-refractivity contribution in [2.24, 2.45) is 0 Å². The van der Waals surface area contributed by atoms with Crippen LogP contribution in [0.15, 0.2) is 30.3 Å². The Bertz CT molecular complexity index is 497. The van der Waals surface area contributed by atoms with Crippen molar-refractivity contribution in [3.8, 4) is 0 Å². The number of aliphatic hydroxyl groups excluding tert-OH is 1. The number of nitrogens with zero attached hydrogens (tertiary/aromatic N) is 2. The smallest absolute Gasteiger partial charge is 0.226 e. The van der Waals surface area contributed by atoms with Crippen LogP contribution in [0.3, 0.4) is 0 Å². The third-order valence-electron chi connectivity index (χ3n) is 3.59. The van der Waals surface area contributed by atoms with Crippen molar-refractivity contribution >= 4 is 12.0 Å². The number of carbonyl (C=O) groups excluding carboxylic acids is 1. The summed E-state index contributed by atoms with van der Waals surface area (Å²) in [7, 11) is 0. The van der Waals surface area contributed by atoms with E-state index in [2.05, 4.69) is 4.90 Å². The van der Waals surface area contributed by atoms with Crippen LogP contribution in [0.5, 0.6) is 0 Å². The Morgan fingerprint density at radius 3 is 2.71 bits per heavy atom. The fourth-order valence-corrected chi connectivity index (χ4v) is 2.40. The van der Waals surface area contributed by atoms with Crippen molar-refractivity contribution in [1.82, 2.24) is 9.80 Å². The normalized spacial score (nSPS) is 16.6. The summed E-state index contributed by atoms with van der Waals surface area (Å²) in [5, 5.41) is 8.88. The Morgan fingerprint density at radius 2 is 2.05 bits per heavy atom. The van der Waals surface area contributed by atoms with Crippen LogP contribution in [-0.4, -0.2) is 60.1 Å². The van der Waals surface area contributed by atoms with Gasteiger partial charge in [-0.25, -0.2) is 4.39 Å². The zero-order chi connectivity index (χ0) is 15.1. The Kier molecular flexibility index (Phi) is 5.90. The number of benzene rings is 1. The van der Waals surface area contributed by atoms with E-state index in [1.54, 1.807) is 24.3 Å². The van der Waals surface area contributed by atoms with E-state index in [9.17, 15) is 9.18 Å². The summed E-state index contributed by atoms with van der Waals surface area (Å²) in [6.45, 7) is 3.84. The molecular weight excluding hydrogens is 271 g/mol. The van der Waals surface area contributed by atoms with Gasteiger partial charge in [-0.05, 0) is 17.7 Å². The molecule has 1 saturated heterocycles. The molecule has 21 heavy (non-hydrogen) atoms. The summed E-state index contributed by atoms with van der Waals surface area (Å²) < 4.78 is 13.0. The molecule has 0 bridgehead atoms. The Labute approximate surface area is 124 Å². The molecule has 1 amide bonds. The number of amides is 1. The lowest BCUT2D eigenvalue weighted by atomic mass is 10.2. The monoisotopic (exact) mass is 292 g/mol. The van der Waals surface area contributed by atoms with Crippen LogP contribution >= 0.6 is 0 Å². The van der Waals surface area contributed by atoms with Crippen molar-refractivity contribution in [2.75, 3.05) is 39.3 Å². The fourth-order valence-electron chi connectivity index (χ4n) is 2.40. The van der Waals surface area contributed by atoms with Crippen LogP contribution in [0.25, 0.3) is 6.08 Å². The molecule has 5 heteroatoms. The summed E-state index contributed by atoms with van der Waals surface area (Å²) in [6, 6.07) is 6.29. The van der Waals surface area contributed by atoms with Gasteiger partial charge in [0.1, 0.15) is 5.82 Å². The van der Waals surface area contributed by atoms with Crippen molar-refractivity contribution in [3.63, 3.8) is 0 Å². The van der Waals surface area contributed by atoms with Gasteiger partial charge < -0.3 is 10.0 Å². The number of hydrogen-bond donors (Lipinski definition) is 1. The van der Waals surface area contributed by atoms with E-state index in [0.717, 1.165) is 18.7 Å². The molecule has 114 valence electrons. The highest BCUT2D eigenvalue weighted by Crippen LogP contribution is 2.08. The zero-order valence-corrected chi connectivity index (χ0v) is 12.0. The Morgan fingerprint density at radius 1 is 1.29 bits per heavy atom. The number of halogens is 1. The lowest BCUT2D eigenvalue weighted by Gasteiger charge is -2.34. The minimum atomic E-state index is -0.275. The predicted molar refractivity (Wildman–Crippen MR) is 80.2 cm³/mol. The minimum Gasteiger partial charge on any atom is -0.395 e. The van der Waals surface area contributed by atoms with E-state index in [4.69, 9.17) is 5.11 Å². The van der Waals surface area contributed by atoms with Crippen LogP contribution in [0.2, 0.25) is 0 Å². The van der Waals surface area contributed by atoms with E-state index in [0.29, 0.717) is 26.1 Å². The van der Waals surface area contributed by atoms with Crippen LogP contribution < -0.4 is 0 Å². The molecule has 1 N–H and O–H groups in total. The Balaban J connectivity index is 1.77. The highest BCUT2D eigenvalue weighted by molar-refractivity contribution is 5.78. The molecule has 1 aromatic rings. The first-order valence-corrected chi connectivity index (χ1v) is 7.22. The van der Waals surface area contributed by atoms with Gasteiger partial charge in [-0.2, -0.15) is 0 Å². The number of β-amino-alcohol motifs (C(OH)–C–C–N with tert-alkyl or cyclic N) is 1. The van der Waals surface area contributed by atoms with Crippen LogP contribution in [-0.2, 0) is 4.79 Å². The minimum absolute atomic E-state index is 0.0892. The molecule has 0 spiro atoms. The summed E-state index contributed by atoms with van der Waals surface area (Å²) in [5.41, 5.74) is 0.760. The van der Waals surface area contributed by atoms with Crippen LogP contribution in [0.1, 0.15) is 12.0 Å². The molecule has 0 aliphatic carbocycles. The van der Waals surface area contributed by atoms with Crippen molar-refractivity contribution in [2.45, 2.75) is 6.42 Å². The largest absolute Gasteiger partial charge is 0.395 e. The molecule has 1 aliphatic rings. The molecule has 1 aliphatic heterocycles. The van der Waals surface area contributed by atoms with E-state index in [1.165, 1.54) is 12.1 Å². The number of piperazine rings is 1. The van der Waals surface area contributed by atoms with Gasteiger partial charge in [-0.3, -0.25) is 9.69 Å². The maximum Gasteiger partial charge on any atom is 0.226 e. The third kappa shape index (κ3) is 4.95. The van der Waals surface area contributed by atoms with Gasteiger partial charge in [-0.15, -0.1) is 0 Å². The second-order valence-corrected chi connectivity index (χ2v) is 5.11. The highest BCUT2D eigenvalue weighted by atomic mass is 19.1. The third-order valence-corrected chi connectivity index (χ3v) is 3.59. The predicted octanol–water partition coefficient (Wildman–Crippen LogP) is 1.37. The summed E-state index contributed by atoms with van der Waals surface area (Å²) in [5.74, 6) is -0.185. The van der Waals surface area contributed by atoms with Crippen molar-refractivity contribution in [1.29, 1.82) is 0 Å². The van der Waals surface area contributed by atoms with Gasteiger partial charge in [0.15, 0.2) is 0 Å². The fraction of sp³-hybridized carbons (Fsp3) is 0.438. The molecule has 1 fully saturated rings. The molecule has 0 saturated carbocycles. The molecular formula is C16H21FN2O2. The van der Waals surface area contributed by atoms with Gasteiger partial charge in [0.25, 0.3) is 0 Å². The SMILES string of the molecule is O=C(C/C=C/c1cccc(F)c1)N1CCN(CCO)CC1.